The van der Waals surface area contributed by atoms with Crippen LogP contribution in [0.2, 0.25) is 0 Å². The first-order valence-electron chi connectivity index (χ1n) is 4.77. The summed E-state index contributed by atoms with van der Waals surface area (Å²) >= 11 is 4.04. The summed E-state index contributed by atoms with van der Waals surface area (Å²) in [5.74, 6) is -0.0162. The van der Waals surface area contributed by atoms with E-state index >= 15 is 0 Å². The van der Waals surface area contributed by atoms with Gasteiger partial charge in [0.2, 0.25) is 5.91 Å². The molecule has 0 aromatic heterocycles. The molecule has 3 nitrogen and oxygen atoms in total. The first-order chi connectivity index (χ1) is 6.20. The topological polar surface area (TPSA) is 38.3 Å². The number of carbonyl (C=O) groups is 1. The highest BCUT2D eigenvalue weighted by molar-refractivity contribution is 7.81. The lowest BCUT2D eigenvalue weighted by molar-refractivity contribution is -0.121. The molecule has 2 atom stereocenters. The van der Waals surface area contributed by atoms with E-state index in [0.717, 1.165) is 19.4 Å². The van der Waals surface area contributed by atoms with E-state index in [4.69, 9.17) is 4.74 Å². The molecular formula is C9H17NO2S. The molecule has 1 saturated heterocycles. The van der Waals surface area contributed by atoms with Gasteiger partial charge in [0.05, 0.1) is 11.4 Å². The molecule has 13 heavy (non-hydrogen) atoms. The minimum Gasteiger partial charge on any atom is -0.376 e. The average molecular weight is 203 g/mol. The van der Waals surface area contributed by atoms with E-state index in [1.54, 1.807) is 6.92 Å². The van der Waals surface area contributed by atoms with Crippen molar-refractivity contribution < 1.29 is 9.53 Å². The van der Waals surface area contributed by atoms with E-state index in [1.165, 1.54) is 6.42 Å². The largest absolute Gasteiger partial charge is 0.376 e. The van der Waals surface area contributed by atoms with Crippen LogP contribution in [0.1, 0.15) is 26.2 Å². The molecule has 1 aliphatic heterocycles. The summed E-state index contributed by atoms with van der Waals surface area (Å²) in [6, 6.07) is 0. The number of ether oxygens (including phenoxy) is 1. The molecule has 76 valence electrons. The van der Waals surface area contributed by atoms with Gasteiger partial charge >= 0.3 is 0 Å². The van der Waals surface area contributed by atoms with E-state index in [0.29, 0.717) is 6.54 Å². The van der Waals surface area contributed by atoms with E-state index in [1.807, 2.05) is 0 Å². The van der Waals surface area contributed by atoms with Crippen molar-refractivity contribution in [2.45, 2.75) is 37.5 Å². The predicted octanol–water partition coefficient (Wildman–Crippen LogP) is 0.990. The second-order valence-electron chi connectivity index (χ2n) is 3.41. The van der Waals surface area contributed by atoms with E-state index < -0.39 is 0 Å². The third kappa shape index (κ3) is 4.00. The minimum atomic E-state index is -0.233. The SMILES string of the molecule is CC(S)C(=O)NCC1CCCCO1. The van der Waals surface area contributed by atoms with Gasteiger partial charge in [-0.2, -0.15) is 12.6 Å². The molecule has 0 aromatic carbocycles. The predicted molar refractivity (Wildman–Crippen MR) is 55.0 cm³/mol. The van der Waals surface area contributed by atoms with Crippen LogP contribution in [0.15, 0.2) is 0 Å². The van der Waals surface area contributed by atoms with Crippen LogP contribution in [-0.2, 0) is 9.53 Å². The Kier molecular flexibility index (Phi) is 4.59. The Hall–Kier alpha value is -0.220. The molecule has 4 heteroatoms. The van der Waals surface area contributed by atoms with Gasteiger partial charge in [0, 0.05) is 13.2 Å². The van der Waals surface area contributed by atoms with Gasteiger partial charge in [-0.1, -0.05) is 0 Å². The molecule has 0 saturated carbocycles. The Morgan fingerprint density at radius 2 is 2.46 bits per heavy atom. The molecule has 1 N–H and O–H groups in total. The van der Waals surface area contributed by atoms with Crippen LogP contribution in [0.3, 0.4) is 0 Å². The summed E-state index contributed by atoms with van der Waals surface area (Å²) in [7, 11) is 0. The van der Waals surface area contributed by atoms with Gasteiger partial charge in [-0.3, -0.25) is 4.79 Å². The van der Waals surface area contributed by atoms with Crippen molar-refractivity contribution in [2.24, 2.45) is 0 Å². The molecule has 0 bridgehead atoms. The van der Waals surface area contributed by atoms with Crippen molar-refractivity contribution in [3.63, 3.8) is 0 Å². The highest BCUT2D eigenvalue weighted by atomic mass is 32.1. The summed E-state index contributed by atoms with van der Waals surface area (Å²) in [4.78, 5) is 11.1. The van der Waals surface area contributed by atoms with Crippen LogP contribution < -0.4 is 5.32 Å². The fraction of sp³-hybridized carbons (Fsp3) is 0.889. The summed E-state index contributed by atoms with van der Waals surface area (Å²) in [6.07, 6.45) is 3.62. The average Bonchev–Trinajstić information content (AvgIpc) is 2.15. The Labute approximate surface area is 84.6 Å². The van der Waals surface area contributed by atoms with Gasteiger partial charge in [0.15, 0.2) is 0 Å². The maximum atomic E-state index is 11.1. The van der Waals surface area contributed by atoms with Crippen LogP contribution in [0.5, 0.6) is 0 Å². The molecule has 0 spiro atoms. The monoisotopic (exact) mass is 203 g/mol. The lowest BCUT2D eigenvalue weighted by Crippen LogP contribution is -2.38. The highest BCUT2D eigenvalue weighted by Crippen LogP contribution is 2.11. The number of carbonyl (C=O) groups excluding carboxylic acids is 1. The third-order valence-corrected chi connectivity index (χ3v) is 2.39. The number of hydrogen-bond donors (Lipinski definition) is 2. The summed E-state index contributed by atoms with van der Waals surface area (Å²) < 4.78 is 5.47. The molecule has 1 rings (SSSR count). The number of hydrogen-bond acceptors (Lipinski definition) is 3. The third-order valence-electron chi connectivity index (χ3n) is 2.16. The van der Waals surface area contributed by atoms with E-state index in [2.05, 4.69) is 17.9 Å². The lowest BCUT2D eigenvalue weighted by atomic mass is 10.1. The van der Waals surface area contributed by atoms with Gasteiger partial charge in [0.25, 0.3) is 0 Å². The minimum absolute atomic E-state index is 0.0162. The van der Waals surface area contributed by atoms with Gasteiger partial charge in [-0.15, -0.1) is 0 Å². The van der Waals surface area contributed by atoms with Gasteiger partial charge in [-0.05, 0) is 26.2 Å². The zero-order chi connectivity index (χ0) is 9.68. The van der Waals surface area contributed by atoms with E-state index in [9.17, 15) is 4.79 Å². The first kappa shape index (κ1) is 10.9. The zero-order valence-electron chi connectivity index (χ0n) is 7.95. The van der Waals surface area contributed by atoms with Gasteiger partial charge in [-0.25, -0.2) is 0 Å². The van der Waals surface area contributed by atoms with Gasteiger partial charge < -0.3 is 10.1 Å². The fourth-order valence-electron chi connectivity index (χ4n) is 1.33. The van der Waals surface area contributed by atoms with Crippen molar-refractivity contribution in [3.8, 4) is 0 Å². The molecule has 0 aliphatic carbocycles. The molecule has 1 fully saturated rings. The quantitative estimate of drug-likeness (QED) is 0.671. The summed E-state index contributed by atoms with van der Waals surface area (Å²) in [5.41, 5.74) is 0. The Morgan fingerprint density at radius 3 is 3.00 bits per heavy atom. The normalized spacial score (nSPS) is 25.2. The van der Waals surface area contributed by atoms with Crippen LogP contribution in [0.4, 0.5) is 0 Å². The van der Waals surface area contributed by atoms with Crippen LogP contribution in [-0.4, -0.2) is 30.4 Å². The maximum Gasteiger partial charge on any atom is 0.232 e. The molecule has 1 heterocycles. The Bertz CT molecular complexity index is 167. The Morgan fingerprint density at radius 1 is 1.69 bits per heavy atom. The van der Waals surface area contributed by atoms with Crippen molar-refractivity contribution in [1.82, 2.24) is 5.32 Å². The summed E-state index contributed by atoms with van der Waals surface area (Å²) in [6.45, 7) is 3.22. The van der Waals surface area contributed by atoms with Crippen molar-refractivity contribution in [2.75, 3.05) is 13.2 Å². The second kappa shape index (κ2) is 5.50. The highest BCUT2D eigenvalue weighted by Gasteiger charge is 2.15. The number of rotatable bonds is 3. The second-order valence-corrected chi connectivity index (χ2v) is 4.18. The van der Waals surface area contributed by atoms with Crippen molar-refractivity contribution in [1.29, 1.82) is 0 Å². The Balaban J connectivity index is 2.13. The van der Waals surface area contributed by atoms with Crippen molar-refractivity contribution >= 4 is 18.5 Å². The lowest BCUT2D eigenvalue weighted by Gasteiger charge is -2.22. The van der Waals surface area contributed by atoms with Crippen molar-refractivity contribution in [3.05, 3.63) is 0 Å². The summed E-state index contributed by atoms with van der Waals surface area (Å²) in [5, 5.41) is 2.58. The maximum absolute atomic E-state index is 11.1. The molecule has 2 unspecified atom stereocenters. The smallest absolute Gasteiger partial charge is 0.232 e. The van der Waals surface area contributed by atoms with Crippen LogP contribution in [0.25, 0.3) is 0 Å². The number of nitrogens with one attached hydrogen (secondary N) is 1. The fourth-order valence-corrected chi connectivity index (χ4v) is 1.42. The van der Waals surface area contributed by atoms with E-state index in [-0.39, 0.29) is 17.3 Å². The van der Waals surface area contributed by atoms with Gasteiger partial charge in [0.1, 0.15) is 0 Å². The molecule has 1 amide bonds. The molecular weight excluding hydrogens is 186 g/mol. The number of amides is 1. The number of thiol groups is 1. The molecule has 1 aliphatic rings. The molecule has 0 radical (unpaired) electrons. The first-order valence-corrected chi connectivity index (χ1v) is 5.29. The molecule has 0 aromatic rings. The van der Waals surface area contributed by atoms with Crippen LogP contribution in [0, 0.1) is 0 Å². The standard InChI is InChI=1S/C9H17NO2S/c1-7(13)9(11)10-6-8-4-2-3-5-12-8/h7-8,13H,2-6H2,1H3,(H,10,11). The zero-order valence-corrected chi connectivity index (χ0v) is 8.85. The van der Waals surface area contributed by atoms with Crippen LogP contribution >= 0.6 is 12.6 Å².